The van der Waals surface area contributed by atoms with E-state index in [1.165, 1.54) is 63.5 Å². The maximum absolute atomic E-state index is 10.8. The van der Waals surface area contributed by atoms with Crippen LogP contribution in [0.3, 0.4) is 0 Å². The molecule has 120 valence electrons. The Kier molecular flexibility index (Phi) is 12.0. The molecule has 0 atom stereocenters. The molecule has 0 saturated heterocycles. The average molecular weight is 318 g/mol. The van der Waals surface area contributed by atoms with Crippen molar-refractivity contribution in [2.45, 2.75) is 76.0 Å². The Labute approximate surface area is 147 Å². The van der Waals surface area contributed by atoms with Crippen molar-refractivity contribution in [1.82, 2.24) is 0 Å². The molecular weight excluding hydrogens is 291 g/mol. The minimum Gasteiger partial charge on any atom is -0.744 e. The molecule has 0 spiro atoms. The molecule has 0 bridgehead atoms. The van der Waals surface area contributed by atoms with E-state index in [2.05, 4.69) is 6.92 Å². The van der Waals surface area contributed by atoms with Crippen molar-refractivity contribution in [3.8, 4) is 0 Å². The van der Waals surface area contributed by atoms with E-state index in [9.17, 15) is 13.0 Å². The SMILES string of the molecule is CCCCCCCCCCCc1ccc(S(=O)(=O)[O-])cc1.[Li+]. The monoisotopic (exact) mass is 318 g/mol. The number of rotatable bonds is 11. The van der Waals surface area contributed by atoms with Crippen LogP contribution in [-0.2, 0) is 16.5 Å². The third-order valence-corrected chi connectivity index (χ3v) is 4.63. The van der Waals surface area contributed by atoms with Crippen LogP contribution < -0.4 is 18.9 Å². The molecule has 0 fully saturated rings. The van der Waals surface area contributed by atoms with Gasteiger partial charge in [-0.05, 0) is 30.5 Å². The maximum Gasteiger partial charge on any atom is 1.00 e. The standard InChI is InChI=1S/C17H28O3S.Li/c1-2-3-4-5-6-7-8-9-10-11-16-12-14-17(15-13-16)21(18,19)20;/h12-15H,2-11H2,1H3,(H,18,19,20);/q;+1/p-1. The zero-order valence-electron chi connectivity index (χ0n) is 14.0. The van der Waals surface area contributed by atoms with Gasteiger partial charge in [-0.15, -0.1) is 0 Å². The second-order valence-corrected chi connectivity index (χ2v) is 7.06. The first kappa shape index (κ1) is 21.7. The predicted molar refractivity (Wildman–Crippen MR) is 85.3 cm³/mol. The molecule has 0 unspecified atom stereocenters. The van der Waals surface area contributed by atoms with Crippen molar-refractivity contribution in [1.29, 1.82) is 0 Å². The van der Waals surface area contributed by atoms with E-state index in [4.69, 9.17) is 0 Å². The molecule has 0 radical (unpaired) electrons. The van der Waals surface area contributed by atoms with Crippen LogP contribution in [0.15, 0.2) is 29.2 Å². The van der Waals surface area contributed by atoms with Crippen LogP contribution in [0.2, 0.25) is 0 Å². The van der Waals surface area contributed by atoms with Crippen LogP contribution in [0, 0.1) is 0 Å². The van der Waals surface area contributed by atoms with Gasteiger partial charge in [0.2, 0.25) is 0 Å². The van der Waals surface area contributed by atoms with Crippen molar-refractivity contribution in [2.75, 3.05) is 0 Å². The minimum absolute atomic E-state index is 0. The van der Waals surface area contributed by atoms with E-state index in [1.807, 2.05) is 0 Å². The van der Waals surface area contributed by atoms with Crippen LogP contribution in [0.5, 0.6) is 0 Å². The Morgan fingerprint density at radius 1 is 0.818 bits per heavy atom. The molecule has 22 heavy (non-hydrogen) atoms. The van der Waals surface area contributed by atoms with E-state index in [0.717, 1.165) is 18.4 Å². The summed E-state index contributed by atoms with van der Waals surface area (Å²) >= 11 is 0. The van der Waals surface area contributed by atoms with Crippen molar-refractivity contribution in [3.05, 3.63) is 29.8 Å². The van der Waals surface area contributed by atoms with Crippen LogP contribution >= 0.6 is 0 Å². The summed E-state index contributed by atoms with van der Waals surface area (Å²) in [7, 11) is -4.31. The van der Waals surface area contributed by atoms with Gasteiger partial charge in [0.15, 0.2) is 0 Å². The second kappa shape index (κ2) is 12.2. The average Bonchev–Trinajstić information content (AvgIpc) is 2.45. The minimum atomic E-state index is -4.31. The third kappa shape index (κ3) is 9.69. The largest absolute Gasteiger partial charge is 1.00 e. The van der Waals surface area contributed by atoms with Gasteiger partial charge in [-0.3, -0.25) is 0 Å². The molecule has 3 nitrogen and oxygen atoms in total. The molecule has 0 N–H and O–H groups in total. The third-order valence-electron chi connectivity index (χ3n) is 3.78. The maximum atomic E-state index is 10.8. The fraction of sp³-hybridized carbons (Fsp3) is 0.647. The van der Waals surface area contributed by atoms with Crippen LogP contribution in [0.25, 0.3) is 0 Å². The van der Waals surface area contributed by atoms with Crippen molar-refractivity contribution in [3.63, 3.8) is 0 Å². The van der Waals surface area contributed by atoms with Gasteiger partial charge < -0.3 is 4.55 Å². The van der Waals surface area contributed by atoms with Crippen LogP contribution in [0.4, 0.5) is 0 Å². The zero-order valence-corrected chi connectivity index (χ0v) is 14.8. The molecular formula is C17H27LiO3S. The Morgan fingerprint density at radius 2 is 1.27 bits per heavy atom. The second-order valence-electron chi connectivity index (χ2n) is 5.68. The number of unbranched alkanes of at least 4 members (excludes halogenated alkanes) is 8. The van der Waals surface area contributed by atoms with Gasteiger partial charge in [-0.2, -0.15) is 0 Å². The van der Waals surface area contributed by atoms with Gasteiger partial charge in [0, 0.05) is 0 Å². The smallest absolute Gasteiger partial charge is 0.744 e. The first-order chi connectivity index (χ1) is 10.0. The van der Waals surface area contributed by atoms with Gasteiger partial charge >= 0.3 is 18.9 Å². The summed E-state index contributed by atoms with van der Waals surface area (Å²) in [5, 5.41) is 0. The number of hydrogen-bond donors (Lipinski definition) is 0. The van der Waals surface area contributed by atoms with Gasteiger partial charge in [0.05, 0.1) is 4.90 Å². The summed E-state index contributed by atoms with van der Waals surface area (Å²) in [6, 6.07) is 6.31. The number of benzene rings is 1. The van der Waals surface area contributed by atoms with Gasteiger partial charge in [-0.25, -0.2) is 8.42 Å². The predicted octanol–water partition coefficient (Wildman–Crippen LogP) is 1.67. The van der Waals surface area contributed by atoms with Crippen molar-refractivity contribution < 1.29 is 31.8 Å². The first-order valence-corrected chi connectivity index (χ1v) is 9.49. The van der Waals surface area contributed by atoms with Gasteiger partial charge in [0.25, 0.3) is 0 Å². The molecule has 0 saturated carbocycles. The van der Waals surface area contributed by atoms with E-state index in [-0.39, 0.29) is 23.8 Å². The van der Waals surface area contributed by atoms with E-state index < -0.39 is 10.1 Å². The summed E-state index contributed by atoms with van der Waals surface area (Å²) < 4.78 is 32.4. The number of aryl methyl sites for hydroxylation is 1. The molecule has 5 heteroatoms. The molecule has 1 aromatic rings. The van der Waals surface area contributed by atoms with Gasteiger partial charge in [-0.1, -0.05) is 70.4 Å². The van der Waals surface area contributed by atoms with Crippen LogP contribution in [0.1, 0.15) is 70.3 Å². The van der Waals surface area contributed by atoms with E-state index >= 15 is 0 Å². The normalized spacial score (nSPS) is 11.2. The Hall–Kier alpha value is -0.273. The quantitative estimate of drug-likeness (QED) is 0.354. The topological polar surface area (TPSA) is 57.2 Å². The van der Waals surface area contributed by atoms with Crippen molar-refractivity contribution in [2.24, 2.45) is 0 Å². The van der Waals surface area contributed by atoms with Crippen LogP contribution in [-0.4, -0.2) is 13.0 Å². The molecule has 0 aromatic heterocycles. The molecule has 1 aromatic carbocycles. The Balaban J connectivity index is 0.00000441. The first-order valence-electron chi connectivity index (χ1n) is 8.09. The molecule has 0 aliphatic carbocycles. The summed E-state index contributed by atoms with van der Waals surface area (Å²) in [6.45, 7) is 2.24. The fourth-order valence-corrected chi connectivity index (χ4v) is 2.93. The summed E-state index contributed by atoms with van der Waals surface area (Å²) in [5.74, 6) is 0. The van der Waals surface area contributed by atoms with E-state index in [1.54, 1.807) is 12.1 Å². The molecule has 1 rings (SSSR count). The Bertz CT molecular complexity index is 483. The summed E-state index contributed by atoms with van der Waals surface area (Å²) in [4.78, 5) is -0.140. The zero-order chi connectivity index (χ0) is 15.6. The summed E-state index contributed by atoms with van der Waals surface area (Å²) in [5.41, 5.74) is 1.10. The summed E-state index contributed by atoms with van der Waals surface area (Å²) in [6.07, 6.45) is 12.6. The van der Waals surface area contributed by atoms with Gasteiger partial charge in [0.1, 0.15) is 10.1 Å². The molecule has 0 aliphatic rings. The fourth-order valence-electron chi connectivity index (χ4n) is 2.46. The molecule has 0 aliphatic heterocycles. The molecule has 0 heterocycles. The number of hydrogen-bond acceptors (Lipinski definition) is 3. The Morgan fingerprint density at radius 3 is 1.73 bits per heavy atom. The molecule has 0 amide bonds. The van der Waals surface area contributed by atoms with E-state index in [0.29, 0.717) is 0 Å². The van der Waals surface area contributed by atoms with Crippen molar-refractivity contribution >= 4 is 10.1 Å².